The molecule has 0 aliphatic rings. The van der Waals surface area contributed by atoms with Crippen LogP contribution in [0.3, 0.4) is 0 Å². The lowest BCUT2D eigenvalue weighted by molar-refractivity contribution is -0.385. The summed E-state index contributed by atoms with van der Waals surface area (Å²) in [7, 11) is 0. The normalized spacial score (nSPS) is 10.7. The van der Waals surface area contributed by atoms with Gasteiger partial charge < -0.3 is 15.2 Å². The van der Waals surface area contributed by atoms with Gasteiger partial charge in [0.05, 0.1) is 17.1 Å². The van der Waals surface area contributed by atoms with Gasteiger partial charge in [-0.3, -0.25) is 10.1 Å². The summed E-state index contributed by atoms with van der Waals surface area (Å²) < 4.78 is 5.40. The molecule has 116 valence electrons. The molecule has 0 atom stereocenters. The van der Waals surface area contributed by atoms with Gasteiger partial charge >= 0.3 is 5.97 Å². The molecular formula is C14H20N2O5. The van der Waals surface area contributed by atoms with Crippen LogP contribution in [-0.4, -0.2) is 35.8 Å². The zero-order chi connectivity index (χ0) is 16.0. The zero-order valence-electron chi connectivity index (χ0n) is 12.4. The topological polar surface area (TPSA) is 102 Å². The van der Waals surface area contributed by atoms with E-state index in [2.05, 4.69) is 5.32 Å². The maximum absolute atomic E-state index is 11.0. The van der Waals surface area contributed by atoms with Crippen molar-refractivity contribution in [1.29, 1.82) is 0 Å². The van der Waals surface area contributed by atoms with E-state index in [1.54, 1.807) is 6.92 Å². The van der Waals surface area contributed by atoms with Gasteiger partial charge in [-0.15, -0.1) is 0 Å². The number of benzene rings is 1. The number of anilines is 1. The Morgan fingerprint density at radius 2 is 2.14 bits per heavy atom. The first-order valence-electron chi connectivity index (χ1n) is 6.67. The van der Waals surface area contributed by atoms with E-state index in [0.717, 1.165) is 6.07 Å². The Balaban J connectivity index is 2.80. The van der Waals surface area contributed by atoms with Gasteiger partial charge in [-0.05, 0) is 18.9 Å². The molecule has 0 amide bonds. The van der Waals surface area contributed by atoms with Gasteiger partial charge in [-0.2, -0.15) is 0 Å². The van der Waals surface area contributed by atoms with Gasteiger partial charge in [-0.25, -0.2) is 4.79 Å². The second-order valence-corrected chi connectivity index (χ2v) is 5.13. The predicted molar refractivity (Wildman–Crippen MR) is 78.9 cm³/mol. The number of aromatic carboxylic acids is 1. The fourth-order valence-electron chi connectivity index (χ4n) is 1.77. The molecule has 0 aliphatic heterocycles. The fourth-order valence-corrected chi connectivity index (χ4v) is 1.77. The summed E-state index contributed by atoms with van der Waals surface area (Å²) in [6.45, 7) is 7.20. The first kappa shape index (κ1) is 16.9. The summed E-state index contributed by atoms with van der Waals surface area (Å²) in [4.78, 5) is 21.4. The number of nitrogens with one attached hydrogen (secondary N) is 1. The van der Waals surface area contributed by atoms with E-state index in [-0.39, 0.29) is 11.3 Å². The lowest BCUT2D eigenvalue weighted by Gasteiger charge is -2.12. The highest BCUT2D eigenvalue weighted by Crippen LogP contribution is 2.27. The molecule has 0 unspecified atom stereocenters. The van der Waals surface area contributed by atoms with Crippen LogP contribution in [0.2, 0.25) is 0 Å². The van der Waals surface area contributed by atoms with E-state index >= 15 is 0 Å². The van der Waals surface area contributed by atoms with Crippen molar-refractivity contribution < 1.29 is 19.6 Å². The maximum Gasteiger partial charge on any atom is 0.336 e. The van der Waals surface area contributed by atoms with E-state index in [1.165, 1.54) is 6.07 Å². The first-order valence-corrected chi connectivity index (χ1v) is 6.67. The largest absolute Gasteiger partial charge is 0.478 e. The van der Waals surface area contributed by atoms with Crippen LogP contribution < -0.4 is 5.32 Å². The number of carbonyl (C=O) groups is 1. The molecule has 0 aliphatic carbocycles. The van der Waals surface area contributed by atoms with Gasteiger partial charge in [0.1, 0.15) is 0 Å². The number of carboxylic acid groups (broad SMARTS) is 1. The van der Waals surface area contributed by atoms with Crippen LogP contribution in [0.4, 0.5) is 11.4 Å². The van der Waals surface area contributed by atoms with Crippen LogP contribution >= 0.6 is 0 Å². The Morgan fingerprint density at radius 1 is 1.48 bits per heavy atom. The molecule has 0 saturated heterocycles. The van der Waals surface area contributed by atoms with Crippen molar-refractivity contribution in [3.8, 4) is 0 Å². The number of hydrogen-bond donors (Lipinski definition) is 2. The molecule has 0 bridgehead atoms. The lowest BCUT2D eigenvalue weighted by atomic mass is 10.1. The third-order valence-corrected chi connectivity index (χ3v) is 2.84. The lowest BCUT2D eigenvalue weighted by Crippen LogP contribution is -2.13. The molecule has 2 N–H and O–H groups in total. The Bertz CT molecular complexity index is 528. The SMILES string of the molecule is Cc1c(NCCOCC(C)C)cc(C(=O)O)cc1[N+](=O)[O-]. The van der Waals surface area contributed by atoms with Crippen LogP contribution in [0.15, 0.2) is 12.1 Å². The molecule has 0 saturated carbocycles. The molecule has 21 heavy (non-hydrogen) atoms. The van der Waals surface area contributed by atoms with E-state index in [1.807, 2.05) is 13.8 Å². The molecule has 7 heteroatoms. The summed E-state index contributed by atoms with van der Waals surface area (Å²) in [6, 6.07) is 2.46. The maximum atomic E-state index is 11.0. The highest BCUT2D eigenvalue weighted by molar-refractivity contribution is 5.90. The molecule has 7 nitrogen and oxygen atoms in total. The summed E-state index contributed by atoms with van der Waals surface area (Å²) >= 11 is 0. The minimum atomic E-state index is -1.20. The number of nitro groups is 1. The predicted octanol–water partition coefficient (Wildman–Crippen LogP) is 2.69. The average Bonchev–Trinajstić information content (AvgIpc) is 2.39. The monoisotopic (exact) mass is 296 g/mol. The first-order chi connectivity index (χ1) is 9.82. The Labute approximate surface area is 123 Å². The van der Waals surface area contributed by atoms with Crippen molar-refractivity contribution in [1.82, 2.24) is 0 Å². The molecule has 0 fully saturated rings. The summed E-state index contributed by atoms with van der Waals surface area (Å²) in [6.07, 6.45) is 0. The smallest absolute Gasteiger partial charge is 0.336 e. The Morgan fingerprint density at radius 3 is 2.67 bits per heavy atom. The Hall–Kier alpha value is -2.15. The second-order valence-electron chi connectivity index (χ2n) is 5.13. The van der Waals surface area contributed by atoms with E-state index < -0.39 is 10.9 Å². The fraction of sp³-hybridized carbons (Fsp3) is 0.500. The van der Waals surface area contributed by atoms with Crippen LogP contribution in [0, 0.1) is 23.0 Å². The van der Waals surface area contributed by atoms with Gasteiger partial charge in [0.25, 0.3) is 5.69 Å². The van der Waals surface area contributed by atoms with Crippen molar-refractivity contribution in [2.24, 2.45) is 5.92 Å². The summed E-state index contributed by atoms with van der Waals surface area (Å²) in [5.74, 6) is -0.764. The molecule has 0 heterocycles. The van der Waals surface area contributed by atoms with Crippen molar-refractivity contribution in [2.75, 3.05) is 25.1 Å². The third kappa shape index (κ3) is 5.03. The molecule has 1 aromatic carbocycles. The van der Waals surface area contributed by atoms with E-state index in [4.69, 9.17) is 9.84 Å². The number of ether oxygens (including phenoxy) is 1. The number of carboxylic acids is 1. The molecule has 1 rings (SSSR count). The van der Waals surface area contributed by atoms with Crippen molar-refractivity contribution in [2.45, 2.75) is 20.8 Å². The quantitative estimate of drug-likeness (QED) is 0.434. The number of hydrogen-bond acceptors (Lipinski definition) is 5. The molecule has 0 radical (unpaired) electrons. The highest BCUT2D eigenvalue weighted by Gasteiger charge is 2.18. The Kier molecular flexibility index (Phi) is 6.10. The summed E-state index contributed by atoms with van der Waals surface area (Å²) in [5, 5.41) is 22.9. The minimum absolute atomic E-state index is 0.113. The average molecular weight is 296 g/mol. The van der Waals surface area contributed by atoms with Gasteiger partial charge in [0.15, 0.2) is 0 Å². The molecule has 0 spiro atoms. The standard InChI is InChI=1S/C14H20N2O5/c1-9(2)8-21-5-4-15-12-6-11(14(17)18)7-13(10(12)3)16(19)20/h6-7,9,15H,4-5,8H2,1-3H3,(H,17,18). The van der Waals surface area contributed by atoms with Crippen LogP contribution in [0.5, 0.6) is 0 Å². The second kappa shape index (κ2) is 7.58. The highest BCUT2D eigenvalue weighted by atomic mass is 16.6. The van der Waals surface area contributed by atoms with Crippen molar-refractivity contribution in [3.63, 3.8) is 0 Å². The number of nitrogens with zero attached hydrogens (tertiary/aromatic N) is 1. The molecular weight excluding hydrogens is 276 g/mol. The molecule has 1 aromatic rings. The van der Waals surface area contributed by atoms with E-state index in [9.17, 15) is 14.9 Å². The van der Waals surface area contributed by atoms with Crippen molar-refractivity contribution >= 4 is 17.3 Å². The van der Waals surface area contributed by atoms with E-state index in [0.29, 0.717) is 36.9 Å². The molecule has 0 aromatic heterocycles. The van der Waals surface area contributed by atoms with Gasteiger partial charge in [0.2, 0.25) is 0 Å². The van der Waals surface area contributed by atoms with Crippen molar-refractivity contribution in [3.05, 3.63) is 33.4 Å². The number of rotatable bonds is 8. The minimum Gasteiger partial charge on any atom is -0.478 e. The zero-order valence-corrected chi connectivity index (χ0v) is 12.4. The van der Waals surface area contributed by atoms with Crippen LogP contribution in [0.25, 0.3) is 0 Å². The van der Waals surface area contributed by atoms with Crippen LogP contribution in [0.1, 0.15) is 29.8 Å². The third-order valence-electron chi connectivity index (χ3n) is 2.84. The number of nitro benzene ring substituents is 1. The summed E-state index contributed by atoms with van der Waals surface area (Å²) in [5.41, 5.74) is 0.530. The van der Waals surface area contributed by atoms with Gasteiger partial charge in [-0.1, -0.05) is 13.8 Å². The van der Waals surface area contributed by atoms with Crippen LogP contribution in [-0.2, 0) is 4.74 Å². The van der Waals surface area contributed by atoms with Gasteiger partial charge in [0, 0.05) is 30.5 Å².